The fourth-order valence-electron chi connectivity index (χ4n) is 2.85. The van der Waals surface area contributed by atoms with Gasteiger partial charge >= 0.3 is 0 Å². The number of rotatable bonds is 6. The molecule has 0 saturated carbocycles. The zero-order valence-electron chi connectivity index (χ0n) is 16.4. The van der Waals surface area contributed by atoms with Gasteiger partial charge < -0.3 is 15.1 Å². The van der Waals surface area contributed by atoms with Crippen LogP contribution in [0.5, 0.6) is 0 Å². The molecule has 2 heterocycles. The molecule has 7 nitrogen and oxygen atoms in total. The standard InChI is InChI=1S/C22H16Cl2N4O3S/c23-16-8-6-13(10-17(16)24)18-9-7-15(31-18)12-25-28-22-27-21(30)19(32-22)11-20(29)26-14-4-2-1-3-5-14/h1-10,12,19H,11H2,(H,26,29)(H,27,28,30). The lowest BCUT2D eigenvalue weighted by Gasteiger charge is -2.06. The molecule has 1 fully saturated rings. The van der Waals surface area contributed by atoms with Crippen LogP contribution < -0.4 is 10.6 Å². The number of thioether (sulfide) groups is 1. The van der Waals surface area contributed by atoms with Gasteiger partial charge in [0.25, 0.3) is 0 Å². The topological polar surface area (TPSA) is 96.1 Å². The van der Waals surface area contributed by atoms with Crippen LogP contribution in [0.25, 0.3) is 11.3 Å². The van der Waals surface area contributed by atoms with Crippen molar-refractivity contribution in [2.24, 2.45) is 10.2 Å². The van der Waals surface area contributed by atoms with Crippen LogP contribution in [0.4, 0.5) is 5.69 Å². The third kappa shape index (κ3) is 5.59. The summed E-state index contributed by atoms with van der Waals surface area (Å²) in [7, 11) is 0. The normalized spacial score (nSPS) is 17.1. The SMILES string of the molecule is O=C(CC1S/C(=N\N=Cc2ccc(-c3ccc(Cl)c(Cl)c3)o2)NC1=O)Nc1ccccc1. The molecule has 1 aromatic heterocycles. The van der Waals surface area contributed by atoms with Gasteiger partial charge in [0, 0.05) is 17.7 Å². The molecule has 3 aromatic rings. The quantitative estimate of drug-likeness (QED) is 0.369. The number of amidine groups is 1. The Morgan fingerprint density at radius 2 is 1.94 bits per heavy atom. The highest BCUT2D eigenvalue weighted by molar-refractivity contribution is 8.15. The van der Waals surface area contributed by atoms with Crippen molar-refractivity contribution < 1.29 is 14.0 Å². The summed E-state index contributed by atoms with van der Waals surface area (Å²) in [6.07, 6.45) is 1.45. The van der Waals surface area contributed by atoms with Gasteiger partial charge in [-0.3, -0.25) is 9.59 Å². The second-order valence-corrected chi connectivity index (χ2v) is 8.70. The van der Waals surface area contributed by atoms with Gasteiger partial charge in [0.05, 0.1) is 16.3 Å². The number of hydrogen-bond donors (Lipinski definition) is 2. The number of halogens is 2. The molecule has 2 amide bonds. The van der Waals surface area contributed by atoms with Crippen LogP contribution in [-0.2, 0) is 9.59 Å². The Labute approximate surface area is 197 Å². The molecule has 1 aliphatic rings. The van der Waals surface area contributed by atoms with Crippen molar-refractivity contribution in [1.82, 2.24) is 5.32 Å². The van der Waals surface area contributed by atoms with E-state index in [1.54, 1.807) is 42.5 Å². The van der Waals surface area contributed by atoms with Crippen LogP contribution in [0, 0.1) is 0 Å². The van der Waals surface area contributed by atoms with Crippen molar-refractivity contribution in [2.45, 2.75) is 11.7 Å². The maximum absolute atomic E-state index is 12.2. The maximum Gasteiger partial charge on any atom is 0.240 e. The molecular weight excluding hydrogens is 471 g/mol. The highest BCUT2D eigenvalue weighted by Crippen LogP contribution is 2.29. The first kappa shape index (κ1) is 22.1. The number of furan rings is 1. The van der Waals surface area contributed by atoms with Gasteiger partial charge in [-0.05, 0) is 42.5 Å². The Morgan fingerprint density at radius 1 is 1.12 bits per heavy atom. The van der Waals surface area contributed by atoms with Gasteiger partial charge in [-0.25, -0.2) is 0 Å². The monoisotopic (exact) mass is 486 g/mol. The van der Waals surface area contributed by atoms with Gasteiger partial charge in [0.1, 0.15) is 16.8 Å². The van der Waals surface area contributed by atoms with Crippen molar-refractivity contribution in [2.75, 3.05) is 5.32 Å². The summed E-state index contributed by atoms with van der Waals surface area (Å²) in [5.74, 6) is 0.542. The molecule has 1 unspecified atom stereocenters. The second-order valence-electron chi connectivity index (χ2n) is 6.69. The molecule has 0 bridgehead atoms. The summed E-state index contributed by atoms with van der Waals surface area (Å²) < 4.78 is 5.71. The number of nitrogens with zero attached hydrogens (tertiary/aromatic N) is 2. The Kier molecular flexibility index (Phi) is 6.94. The van der Waals surface area contributed by atoms with Crippen LogP contribution in [0.1, 0.15) is 12.2 Å². The van der Waals surface area contributed by atoms with Gasteiger partial charge in [0.15, 0.2) is 5.17 Å². The van der Waals surface area contributed by atoms with Gasteiger partial charge in [-0.15, -0.1) is 5.10 Å². The summed E-state index contributed by atoms with van der Waals surface area (Å²) in [4.78, 5) is 24.3. The summed E-state index contributed by atoms with van der Waals surface area (Å²) in [5.41, 5.74) is 1.46. The smallest absolute Gasteiger partial charge is 0.240 e. The van der Waals surface area contributed by atoms with Gasteiger partial charge in [-0.2, -0.15) is 5.10 Å². The lowest BCUT2D eigenvalue weighted by Crippen LogP contribution is -2.28. The van der Waals surface area contributed by atoms with Gasteiger partial charge in [-0.1, -0.05) is 53.2 Å². The Morgan fingerprint density at radius 3 is 2.72 bits per heavy atom. The lowest BCUT2D eigenvalue weighted by molar-refractivity contribution is -0.122. The highest BCUT2D eigenvalue weighted by atomic mass is 35.5. The third-order valence-electron chi connectivity index (χ3n) is 4.37. The Balaban J connectivity index is 1.34. The van der Waals surface area contributed by atoms with E-state index in [1.807, 2.05) is 18.2 Å². The third-order valence-corrected chi connectivity index (χ3v) is 6.18. The minimum absolute atomic E-state index is 0.0271. The Bertz CT molecular complexity index is 1210. The number of benzene rings is 2. The van der Waals surface area contributed by atoms with Crippen molar-refractivity contribution in [3.8, 4) is 11.3 Å². The van der Waals surface area contributed by atoms with E-state index in [-0.39, 0.29) is 18.2 Å². The molecule has 10 heteroatoms. The zero-order chi connectivity index (χ0) is 22.5. The van der Waals surface area contributed by atoms with E-state index in [4.69, 9.17) is 27.6 Å². The number of para-hydroxylation sites is 1. The van der Waals surface area contributed by atoms with Crippen molar-refractivity contribution >= 4 is 63.8 Å². The molecule has 1 aliphatic heterocycles. The molecule has 1 saturated heterocycles. The van der Waals surface area contributed by atoms with Crippen LogP contribution in [-0.4, -0.2) is 28.4 Å². The van der Waals surface area contributed by atoms with Crippen LogP contribution >= 0.6 is 35.0 Å². The fourth-order valence-corrected chi connectivity index (χ4v) is 4.08. The Hall–Kier alpha value is -3.07. The number of amides is 2. The summed E-state index contributed by atoms with van der Waals surface area (Å²) in [5, 5.41) is 14.0. The van der Waals surface area contributed by atoms with Crippen molar-refractivity contribution in [3.05, 3.63) is 76.5 Å². The van der Waals surface area contributed by atoms with Crippen LogP contribution in [0.3, 0.4) is 0 Å². The predicted octanol–water partition coefficient (Wildman–Crippen LogP) is 5.20. The molecule has 2 N–H and O–H groups in total. The molecule has 2 aromatic carbocycles. The summed E-state index contributed by atoms with van der Waals surface area (Å²) in [6.45, 7) is 0. The lowest BCUT2D eigenvalue weighted by atomic mass is 10.2. The minimum atomic E-state index is -0.572. The van der Waals surface area contributed by atoms with E-state index in [0.717, 1.165) is 17.3 Å². The number of anilines is 1. The fraction of sp³-hybridized carbons (Fsp3) is 0.0909. The summed E-state index contributed by atoms with van der Waals surface area (Å²) >= 11 is 13.1. The average molecular weight is 487 g/mol. The van der Waals surface area contributed by atoms with E-state index in [1.165, 1.54) is 6.21 Å². The van der Waals surface area contributed by atoms with Gasteiger partial charge in [0.2, 0.25) is 11.8 Å². The molecule has 32 heavy (non-hydrogen) atoms. The number of carbonyl (C=O) groups is 2. The average Bonchev–Trinajstić information content (AvgIpc) is 3.38. The molecule has 162 valence electrons. The van der Waals surface area contributed by atoms with E-state index in [2.05, 4.69) is 20.8 Å². The largest absolute Gasteiger partial charge is 0.455 e. The first-order valence-corrected chi connectivity index (χ1v) is 11.1. The number of nitrogens with one attached hydrogen (secondary N) is 2. The molecule has 0 radical (unpaired) electrons. The van der Waals surface area contributed by atoms with E-state index in [9.17, 15) is 9.59 Å². The molecule has 0 aliphatic carbocycles. The molecule has 0 spiro atoms. The van der Waals surface area contributed by atoms with E-state index in [0.29, 0.717) is 32.4 Å². The predicted molar refractivity (Wildman–Crippen MR) is 128 cm³/mol. The van der Waals surface area contributed by atoms with Crippen molar-refractivity contribution in [1.29, 1.82) is 0 Å². The van der Waals surface area contributed by atoms with Crippen LogP contribution in [0.15, 0.2) is 75.3 Å². The number of carbonyl (C=O) groups excluding carboxylic acids is 2. The molecule has 1 atom stereocenters. The van der Waals surface area contributed by atoms with E-state index >= 15 is 0 Å². The molecule has 4 rings (SSSR count). The number of hydrogen-bond acceptors (Lipinski definition) is 6. The summed E-state index contributed by atoms with van der Waals surface area (Å²) in [6, 6.07) is 17.8. The highest BCUT2D eigenvalue weighted by Gasteiger charge is 2.32. The van der Waals surface area contributed by atoms with E-state index < -0.39 is 5.25 Å². The molecular formula is C22H16Cl2N4O3S. The maximum atomic E-state index is 12.2. The zero-order valence-corrected chi connectivity index (χ0v) is 18.7. The minimum Gasteiger partial charge on any atom is -0.455 e. The van der Waals surface area contributed by atoms with Crippen LogP contribution in [0.2, 0.25) is 10.0 Å². The first-order chi connectivity index (χ1) is 15.5. The van der Waals surface area contributed by atoms with Crippen molar-refractivity contribution in [3.63, 3.8) is 0 Å². The second kappa shape index (κ2) is 10.0. The first-order valence-electron chi connectivity index (χ1n) is 9.46.